The first-order valence-corrected chi connectivity index (χ1v) is 13.7. The number of fused-ring (bicyclic) bond motifs is 1. The van der Waals surface area contributed by atoms with Gasteiger partial charge in [-0.05, 0) is 68.1 Å². The van der Waals surface area contributed by atoms with Gasteiger partial charge in [0.15, 0.2) is 0 Å². The summed E-state index contributed by atoms with van der Waals surface area (Å²) in [6.45, 7) is 6.90. The van der Waals surface area contributed by atoms with Crippen molar-refractivity contribution in [1.29, 1.82) is 0 Å². The molecule has 2 heterocycles. The Bertz CT molecular complexity index is 1190. The fraction of sp³-hybridized carbons (Fsp3) is 0.462. The molecule has 2 amide bonds. The van der Waals surface area contributed by atoms with Gasteiger partial charge in [0.05, 0.1) is 11.7 Å². The lowest BCUT2D eigenvalue weighted by Gasteiger charge is -2.36. The van der Waals surface area contributed by atoms with Crippen molar-refractivity contribution >= 4 is 27.5 Å². The third kappa shape index (κ3) is 5.91. The third-order valence-corrected chi connectivity index (χ3v) is 8.67. The Kier molecular flexibility index (Phi) is 7.88. The van der Waals surface area contributed by atoms with E-state index in [0.717, 1.165) is 36.3 Å². The number of amides is 2. The predicted octanol–water partition coefficient (Wildman–Crippen LogP) is 2.84. The Balaban J connectivity index is 1.61. The van der Waals surface area contributed by atoms with Crippen LogP contribution in [0.25, 0.3) is 0 Å². The van der Waals surface area contributed by atoms with E-state index in [-0.39, 0.29) is 35.4 Å². The third-order valence-electron chi connectivity index (χ3n) is 6.73. The number of hydrogen-bond acceptors (Lipinski definition) is 5. The van der Waals surface area contributed by atoms with Gasteiger partial charge in [0.2, 0.25) is 21.8 Å². The molecule has 0 aromatic heterocycles. The van der Waals surface area contributed by atoms with Crippen molar-refractivity contribution in [2.45, 2.75) is 50.5 Å². The maximum atomic E-state index is 14.0. The summed E-state index contributed by atoms with van der Waals surface area (Å²) in [5, 5.41) is 5.63. The standard InChI is InChI=1S/C26H34N4O4S/c1-19-9-10-23(28-20(2)31)25(17-19)35(33,34)30-15-11-21-7-3-4-8-22(21)24(30)18-26(32)27-12-16-29-13-5-6-14-29/h3-4,7-10,17,24H,5-6,11-16,18H2,1-2H3,(H,27,32)(H,28,31). The summed E-state index contributed by atoms with van der Waals surface area (Å²) < 4.78 is 29.4. The van der Waals surface area contributed by atoms with E-state index in [9.17, 15) is 18.0 Å². The second-order valence-corrected chi connectivity index (χ2v) is 11.2. The van der Waals surface area contributed by atoms with Crippen LogP contribution in [0.3, 0.4) is 0 Å². The summed E-state index contributed by atoms with van der Waals surface area (Å²) >= 11 is 0. The maximum Gasteiger partial charge on any atom is 0.245 e. The van der Waals surface area contributed by atoms with Crippen molar-refractivity contribution in [3.63, 3.8) is 0 Å². The smallest absolute Gasteiger partial charge is 0.245 e. The van der Waals surface area contributed by atoms with Crippen LogP contribution >= 0.6 is 0 Å². The van der Waals surface area contributed by atoms with Crippen molar-refractivity contribution in [2.75, 3.05) is 38.0 Å². The molecule has 1 fully saturated rings. The van der Waals surface area contributed by atoms with Crippen LogP contribution in [-0.4, -0.2) is 62.2 Å². The zero-order chi connectivity index (χ0) is 25.0. The average Bonchev–Trinajstić information content (AvgIpc) is 3.33. The summed E-state index contributed by atoms with van der Waals surface area (Å²) in [5.74, 6) is -0.513. The topological polar surface area (TPSA) is 98.8 Å². The highest BCUT2D eigenvalue weighted by molar-refractivity contribution is 7.89. The predicted molar refractivity (Wildman–Crippen MR) is 136 cm³/mol. The molecule has 0 saturated carbocycles. The minimum absolute atomic E-state index is 0.0392. The number of carbonyl (C=O) groups is 2. The van der Waals surface area contributed by atoms with Crippen LogP contribution in [-0.2, 0) is 26.0 Å². The zero-order valence-corrected chi connectivity index (χ0v) is 21.2. The second-order valence-electron chi connectivity index (χ2n) is 9.36. The van der Waals surface area contributed by atoms with Crippen molar-refractivity contribution in [2.24, 2.45) is 0 Å². The number of anilines is 1. The van der Waals surface area contributed by atoms with Gasteiger partial charge in [-0.15, -0.1) is 0 Å². The lowest BCUT2D eigenvalue weighted by atomic mass is 9.92. The highest BCUT2D eigenvalue weighted by Gasteiger charge is 2.38. The highest BCUT2D eigenvalue weighted by Crippen LogP contribution is 2.38. The van der Waals surface area contributed by atoms with E-state index in [0.29, 0.717) is 13.0 Å². The maximum absolute atomic E-state index is 14.0. The SMILES string of the molecule is CC(=O)Nc1ccc(C)cc1S(=O)(=O)N1CCc2ccccc2C1CC(=O)NCCN1CCCC1. The molecule has 35 heavy (non-hydrogen) atoms. The largest absolute Gasteiger partial charge is 0.355 e. The lowest BCUT2D eigenvalue weighted by Crippen LogP contribution is -2.43. The Morgan fingerprint density at radius 1 is 1.06 bits per heavy atom. The Morgan fingerprint density at radius 3 is 2.54 bits per heavy atom. The van der Waals surface area contributed by atoms with Crippen LogP contribution in [0.4, 0.5) is 5.69 Å². The summed E-state index contributed by atoms with van der Waals surface area (Å²) in [5.41, 5.74) is 2.92. The molecular weight excluding hydrogens is 464 g/mol. The van der Waals surface area contributed by atoms with E-state index in [1.165, 1.54) is 24.1 Å². The van der Waals surface area contributed by atoms with E-state index in [2.05, 4.69) is 15.5 Å². The number of rotatable bonds is 8. The molecule has 8 nitrogen and oxygen atoms in total. The highest BCUT2D eigenvalue weighted by atomic mass is 32.2. The number of benzene rings is 2. The molecule has 2 aromatic carbocycles. The van der Waals surface area contributed by atoms with E-state index in [1.54, 1.807) is 18.2 Å². The molecule has 0 aliphatic carbocycles. The van der Waals surface area contributed by atoms with Gasteiger partial charge in [-0.3, -0.25) is 9.59 Å². The zero-order valence-electron chi connectivity index (χ0n) is 20.4. The van der Waals surface area contributed by atoms with E-state index in [4.69, 9.17) is 0 Å². The van der Waals surface area contributed by atoms with Gasteiger partial charge >= 0.3 is 0 Å². The fourth-order valence-electron chi connectivity index (χ4n) is 5.00. The molecule has 0 spiro atoms. The van der Waals surface area contributed by atoms with Gasteiger partial charge in [-0.2, -0.15) is 4.31 Å². The van der Waals surface area contributed by atoms with Gasteiger partial charge in [0.1, 0.15) is 4.90 Å². The molecule has 4 rings (SSSR count). The lowest BCUT2D eigenvalue weighted by molar-refractivity contribution is -0.122. The summed E-state index contributed by atoms with van der Waals surface area (Å²) in [6.07, 6.45) is 2.99. The molecule has 9 heteroatoms. The van der Waals surface area contributed by atoms with Crippen molar-refractivity contribution in [3.8, 4) is 0 Å². The van der Waals surface area contributed by atoms with Gasteiger partial charge in [-0.1, -0.05) is 30.3 Å². The van der Waals surface area contributed by atoms with E-state index < -0.39 is 16.1 Å². The van der Waals surface area contributed by atoms with Gasteiger partial charge in [-0.25, -0.2) is 8.42 Å². The quantitative estimate of drug-likeness (QED) is 0.583. The Labute approximate surface area is 207 Å². The number of sulfonamides is 1. The van der Waals surface area contributed by atoms with Crippen molar-refractivity contribution < 1.29 is 18.0 Å². The first-order valence-electron chi connectivity index (χ1n) is 12.2. The molecule has 2 aliphatic heterocycles. The molecular formula is C26H34N4O4S. The summed E-state index contributed by atoms with van der Waals surface area (Å²) in [6, 6.07) is 12.0. The molecule has 0 radical (unpaired) electrons. The first-order chi connectivity index (χ1) is 16.8. The number of hydrogen-bond donors (Lipinski definition) is 2. The number of carbonyl (C=O) groups excluding carboxylic acids is 2. The minimum Gasteiger partial charge on any atom is -0.355 e. The Hall–Kier alpha value is -2.75. The van der Waals surface area contributed by atoms with E-state index >= 15 is 0 Å². The van der Waals surface area contributed by atoms with Crippen LogP contribution in [0.15, 0.2) is 47.4 Å². The Morgan fingerprint density at radius 2 is 1.80 bits per heavy atom. The minimum atomic E-state index is -4.00. The molecule has 1 unspecified atom stereocenters. The normalized spacial score (nSPS) is 18.7. The molecule has 2 N–H and O–H groups in total. The molecule has 1 saturated heterocycles. The van der Waals surface area contributed by atoms with Crippen LogP contribution in [0.1, 0.15) is 48.9 Å². The number of likely N-dealkylation sites (tertiary alicyclic amines) is 1. The van der Waals surface area contributed by atoms with Crippen LogP contribution in [0, 0.1) is 6.92 Å². The van der Waals surface area contributed by atoms with Crippen molar-refractivity contribution in [1.82, 2.24) is 14.5 Å². The van der Waals surface area contributed by atoms with Crippen LogP contribution < -0.4 is 10.6 Å². The fourth-order valence-corrected chi connectivity index (χ4v) is 6.84. The molecule has 0 bridgehead atoms. The average molecular weight is 499 g/mol. The van der Waals surface area contributed by atoms with Crippen molar-refractivity contribution in [3.05, 3.63) is 59.2 Å². The molecule has 1 atom stereocenters. The number of nitrogens with zero attached hydrogens (tertiary/aromatic N) is 2. The molecule has 2 aliphatic rings. The molecule has 188 valence electrons. The van der Waals surface area contributed by atoms with Crippen LogP contribution in [0.5, 0.6) is 0 Å². The summed E-state index contributed by atoms with van der Waals surface area (Å²) in [7, 11) is -4.00. The number of nitrogens with one attached hydrogen (secondary N) is 2. The van der Waals surface area contributed by atoms with Gasteiger partial charge < -0.3 is 15.5 Å². The monoisotopic (exact) mass is 498 g/mol. The molecule has 2 aromatic rings. The first kappa shape index (κ1) is 25.3. The second kappa shape index (κ2) is 10.9. The van der Waals surface area contributed by atoms with Crippen LogP contribution in [0.2, 0.25) is 0 Å². The van der Waals surface area contributed by atoms with E-state index in [1.807, 2.05) is 31.2 Å². The number of aryl methyl sites for hydroxylation is 1. The van der Waals surface area contributed by atoms with Gasteiger partial charge in [0.25, 0.3) is 0 Å². The van der Waals surface area contributed by atoms with Gasteiger partial charge in [0, 0.05) is 33.0 Å². The summed E-state index contributed by atoms with van der Waals surface area (Å²) in [4.78, 5) is 27.1.